The zero-order valence-corrected chi connectivity index (χ0v) is 48.4. The van der Waals surface area contributed by atoms with Crippen LogP contribution >= 0.6 is 0 Å². The van der Waals surface area contributed by atoms with Crippen LogP contribution in [0.25, 0.3) is 0 Å². The van der Waals surface area contributed by atoms with Crippen molar-refractivity contribution in [2.75, 3.05) is 19.8 Å². The molecule has 32 atom stereocenters. The van der Waals surface area contributed by atoms with Crippen LogP contribution in [0.5, 0.6) is 0 Å². The fourth-order valence-electron chi connectivity index (χ4n) is 15.7. The van der Waals surface area contributed by atoms with Crippen LogP contribution < -0.4 is 0 Å². The number of aliphatic hydroxyl groups excluding tert-OH is 14. The van der Waals surface area contributed by atoms with E-state index in [-0.39, 0.29) is 23.4 Å². The first-order chi connectivity index (χ1) is 39.3. The molecular weight excluding hydrogens is 1090 g/mol. The van der Waals surface area contributed by atoms with Gasteiger partial charge in [0.1, 0.15) is 104 Å². The molecular formula is C59H92O24. The van der Waals surface area contributed by atoms with Gasteiger partial charge in [-0.3, -0.25) is 0 Å². The summed E-state index contributed by atoms with van der Waals surface area (Å²) in [7, 11) is 0. The predicted octanol–water partition coefficient (Wildman–Crippen LogP) is -1.90. The minimum Gasteiger partial charge on any atom is -0.394 e. The van der Waals surface area contributed by atoms with Gasteiger partial charge in [-0.2, -0.15) is 0 Å². The molecule has 1 aromatic carbocycles. The van der Waals surface area contributed by atoms with Gasteiger partial charge in [0.05, 0.1) is 44.2 Å². The molecule has 1 aromatic rings. The third-order valence-electron chi connectivity index (χ3n) is 20.8. The molecule has 4 aliphatic carbocycles. The molecule has 9 aliphatic rings. The molecule has 7 fully saturated rings. The fourth-order valence-corrected chi connectivity index (χ4v) is 15.7. The minimum atomic E-state index is -1.87. The second-order valence-electron chi connectivity index (χ2n) is 26.1. The summed E-state index contributed by atoms with van der Waals surface area (Å²) in [5, 5.41) is 150. The SMILES string of the molecule is Cc1c(CCC(C)COC2OC(CO)C(O)C(O)C2O)ccc2c1C1(C)CCC3C(CC=C4CC(OC5OC(CO)C(OC6OC(C)C(OC7OC(C)C(O)C(O)C7O)C(O)C6O)C(O)C5OC5OC(C)C(O)C(O)C5O)CCC43C)C1C2. The van der Waals surface area contributed by atoms with E-state index in [1.165, 1.54) is 48.6 Å². The number of hydrogen-bond donors (Lipinski definition) is 14. The molecule has 0 aromatic heterocycles. The average molecular weight is 1190 g/mol. The Morgan fingerprint density at radius 1 is 0.542 bits per heavy atom. The number of hydrogen-bond acceptors (Lipinski definition) is 24. The van der Waals surface area contributed by atoms with Gasteiger partial charge >= 0.3 is 0 Å². The number of aryl methyl sites for hydroxylation is 1. The molecule has 472 valence electrons. The van der Waals surface area contributed by atoms with Crippen LogP contribution in [0.15, 0.2) is 23.8 Å². The topological polar surface area (TPSA) is 376 Å². The van der Waals surface area contributed by atoms with Crippen molar-refractivity contribution in [2.24, 2.45) is 29.1 Å². The first-order valence-corrected chi connectivity index (χ1v) is 30.0. The first-order valence-electron chi connectivity index (χ1n) is 30.0. The van der Waals surface area contributed by atoms with E-state index in [1.54, 1.807) is 0 Å². The van der Waals surface area contributed by atoms with Gasteiger partial charge in [-0.05, 0) is 142 Å². The van der Waals surface area contributed by atoms with Gasteiger partial charge in [0.2, 0.25) is 0 Å². The van der Waals surface area contributed by atoms with E-state index in [0.29, 0.717) is 30.6 Å². The van der Waals surface area contributed by atoms with Crippen LogP contribution in [0.3, 0.4) is 0 Å². The van der Waals surface area contributed by atoms with Crippen molar-refractivity contribution in [1.82, 2.24) is 0 Å². The van der Waals surface area contributed by atoms with E-state index in [4.69, 9.17) is 47.4 Å². The summed E-state index contributed by atoms with van der Waals surface area (Å²) in [4.78, 5) is 0. The van der Waals surface area contributed by atoms with Crippen molar-refractivity contribution in [3.05, 3.63) is 46.0 Å². The van der Waals surface area contributed by atoms with Crippen molar-refractivity contribution in [2.45, 2.75) is 271 Å². The smallest absolute Gasteiger partial charge is 0.187 e. The Labute approximate surface area is 483 Å². The number of rotatable bonds is 16. The third-order valence-corrected chi connectivity index (χ3v) is 20.8. The lowest BCUT2D eigenvalue weighted by Gasteiger charge is -2.58. The van der Waals surface area contributed by atoms with Crippen molar-refractivity contribution in [3.8, 4) is 0 Å². The predicted molar refractivity (Wildman–Crippen MR) is 286 cm³/mol. The second-order valence-corrected chi connectivity index (χ2v) is 26.1. The largest absolute Gasteiger partial charge is 0.394 e. The lowest BCUT2D eigenvalue weighted by atomic mass is 9.47. The molecule has 0 radical (unpaired) electrons. The number of fused-ring (bicyclic) bond motifs is 7. The average Bonchev–Trinajstić information content (AvgIpc) is 1.89. The summed E-state index contributed by atoms with van der Waals surface area (Å²) in [6, 6.07) is 4.58. The van der Waals surface area contributed by atoms with Crippen molar-refractivity contribution in [1.29, 1.82) is 0 Å². The quantitative estimate of drug-likeness (QED) is 0.0804. The molecule has 2 saturated carbocycles. The summed E-state index contributed by atoms with van der Waals surface area (Å²) >= 11 is 0. The molecule has 5 aliphatic heterocycles. The lowest BCUT2D eigenvalue weighted by Crippen LogP contribution is -2.67. The van der Waals surface area contributed by atoms with Crippen molar-refractivity contribution >= 4 is 0 Å². The maximum Gasteiger partial charge on any atom is 0.187 e. The third kappa shape index (κ3) is 11.9. The van der Waals surface area contributed by atoms with Crippen LogP contribution in [-0.2, 0) is 65.6 Å². The van der Waals surface area contributed by atoms with Gasteiger partial charge in [0, 0.05) is 0 Å². The van der Waals surface area contributed by atoms with Gasteiger partial charge in [-0.25, -0.2) is 0 Å². The van der Waals surface area contributed by atoms with Gasteiger partial charge in [-0.15, -0.1) is 0 Å². The normalized spacial score (nSPS) is 50.4. The van der Waals surface area contributed by atoms with Crippen LogP contribution in [-0.4, -0.2) is 251 Å². The zero-order chi connectivity index (χ0) is 59.9. The van der Waals surface area contributed by atoms with Crippen LogP contribution in [0, 0.1) is 36.0 Å². The molecule has 24 nitrogen and oxygen atoms in total. The van der Waals surface area contributed by atoms with E-state index in [1.807, 2.05) is 0 Å². The number of allylic oxidation sites excluding steroid dienone is 1. The molecule has 24 heteroatoms. The van der Waals surface area contributed by atoms with Gasteiger partial charge in [0.15, 0.2) is 31.5 Å². The van der Waals surface area contributed by atoms with E-state index in [9.17, 15) is 71.5 Å². The molecule has 10 rings (SSSR count). The van der Waals surface area contributed by atoms with Crippen LogP contribution in [0.2, 0.25) is 0 Å². The summed E-state index contributed by atoms with van der Waals surface area (Å²) in [5.74, 6) is 1.36. The number of benzene rings is 1. The van der Waals surface area contributed by atoms with E-state index in [0.717, 1.165) is 44.9 Å². The Hall–Kier alpha value is -2.00. The molecule has 5 heterocycles. The van der Waals surface area contributed by atoms with Crippen molar-refractivity contribution < 1.29 is 119 Å². The van der Waals surface area contributed by atoms with E-state index < -0.39 is 173 Å². The zero-order valence-electron chi connectivity index (χ0n) is 48.4. The van der Waals surface area contributed by atoms with Gasteiger partial charge < -0.3 is 119 Å². The highest BCUT2D eigenvalue weighted by Crippen LogP contribution is 2.65. The summed E-state index contributed by atoms with van der Waals surface area (Å²) in [5.41, 5.74) is 6.61. The monoisotopic (exact) mass is 1180 g/mol. The molecule has 83 heavy (non-hydrogen) atoms. The minimum absolute atomic E-state index is 0.0161. The summed E-state index contributed by atoms with van der Waals surface area (Å²) in [6.07, 6.45) is -27.4. The first kappa shape index (κ1) is 64.0. The van der Waals surface area contributed by atoms with Gasteiger partial charge in [-0.1, -0.05) is 44.6 Å². The number of aliphatic hydroxyl groups is 14. The molecule has 0 amide bonds. The molecule has 14 N–H and O–H groups in total. The Bertz CT molecular complexity index is 2380. The van der Waals surface area contributed by atoms with Crippen molar-refractivity contribution in [3.63, 3.8) is 0 Å². The molecule has 32 unspecified atom stereocenters. The highest BCUT2D eigenvalue weighted by molar-refractivity contribution is 5.50. The second kappa shape index (κ2) is 25.5. The lowest BCUT2D eigenvalue weighted by molar-refractivity contribution is -0.394. The van der Waals surface area contributed by atoms with E-state index in [2.05, 4.69) is 45.9 Å². The maximum atomic E-state index is 12.3. The fraction of sp³-hybridized carbons (Fsp3) is 0.864. The van der Waals surface area contributed by atoms with E-state index >= 15 is 0 Å². The maximum absolute atomic E-state index is 12.3. The van der Waals surface area contributed by atoms with Crippen LogP contribution in [0.4, 0.5) is 0 Å². The Kier molecular flexibility index (Phi) is 19.6. The molecule has 0 bridgehead atoms. The molecule has 5 saturated heterocycles. The van der Waals surface area contributed by atoms with Crippen LogP contribution in [0.1, 0.15) is 109 Å². The highest BCUT2D eigenvalue weighted by atomic mass is 16.8. The molecule has 0 spiro atoms. The Morgan fingerprint density at radius 2 is 1.10 bits per heavy atom. The highest BCUT2D eigenvalue weighted by Gasteiger charge is 2.60. The van der Waals surface area contributed by atoms with Gasteiger partial charge in [0.25, 0.3) is 0 Å². The summed E-state index contributed by atoms with van der Waals surface area (Å²) < 4.78 is 60.2. The number of ether oxygens (including phenoxy) is 10. The standard InChI is InChI=1S/C59H92O24/c1-23(22-74-53-45(69)43(67)40(64)35(20-60)79-53)8-9-28-10-11-29-18-34-32-13-12-30-19-31(14-16-58(30,6)33(32)15-17-59(34,7)37(29)24(28)2)78-57-52(83-55-47(71)42(66)39(63)26(4)76-55)49(73)51(36(21-61)80-57)82-56-48(72)44(68)50(27(5)77-56)81-54-46(70)41(65)38(62)25(3)75-54/h10-12,23,25-27,31-36,38-57,60-73H,8-9,13-22H2,1-7H3. The summed E-state index contributed by atoms with van der Waals surface area (Å²) in [6.45, 7) is 12.6. The Balaban J connectivity index is 0.801. The Morgan fingerprint density at radius 3 is 1.73 bits per heavy atom.